The van der Waals surface area contributed by atoms with E-state index >= 15 is 0 Å². The molecular formula is C16H17NO2S. The lowest BCUT2D eigenvalue weighted by molar-refractivity contribution is 0.282. The van der Waals surface area contributed by atoms with Gasteiger partial charge in [-0.3, -0.25) is 0 Å². The van der Waals surface area contributed by atoms with Crippen LogP contribution in [0.1, 0.15) is 32.0 Å². The Labute approximate surface area is 121 Å². The van der Waals surface area contributed by atoms with Crippen LogP contribution in [0, 0.1) is 0 Å². The van der Waals surface area contributed by atoms with Crippen LogP contribution in [0.2, 0.25) is 0 Å². The summed E-state index contributed by atoms with van der Waals surface area (Å²) in [4.78, 5) is 4.66. The quantitative estimate of drug-likeness (QED) is 0.762. The van der Waals surface area contributed by atoms with Crippen LogP contribution in [0.5, 0.6) is 0 Å². The van der Waals surface area contributed by atoms with Crippen LogP contribution in [-0.4, -0.2) is 10.1 Å². The van der Waals surface area contributed by atoms with Crippen molar-refractivity contribution >= 4 is 22.3 Å². The van der Waals surface area contributed by atoms with E-state index < -0.39 is 0 Å². The normalized spacial score (nSPS) is 12.2. The van der Waals surface area contributed by atoms with Crippen molar-refractivity contribution in [2.75, 3.05) is 0 Å². The summed E-state index contributed by atoms with van der Waals surface area (Å²) in [5.41, 5.74) is 2.84. The largest absolute Gasteiger partial charge is 0.454 e. The molecule has 0 aliphatic heterocycles. The first-order valence-corrected chi connectivity index (χ1v) is 7.45. The standard InChI is InChI=1S/C16H17NO2S/c1-16(2,3)14-9-20-15(17-14)13-7-11-6-10(8-18)4-5-12(11)19-13/h4-7,9,18H,8H2,1-3H3. The predicted molar refractivity (Wildman–Crippen MR) is 81.9 cm³/mol. The van der Waals surface area contributed by atoms with Crippen molar-refractivity contribution in [3.8, 4) is 10.8 Å². The fraction of sp³-hybridized carbons (Fsp3) is 0.312. The molecule has 2 heterocycles. The smallest absolute Gasteiger partial charge is 0.164 e. The van der Waals surface area contributed by atoms with E-state index in [1.165, 1.54) is 0 Å². The predicted octanol–water partition coefficient (Wildman–Crippen LogP) is 4.35. The molecule has 0 radical (unpaired) electrons. The molecule has 4 heteroatoms. The number of rotatable bonds is 2. The van der Waals surface area contributed by atoms with Crippen LogP contribution in [0.25, 0.3) is 21.7 Å². The zero-order valence-electron chi connectivity index (χ0n) is 11.8. The molecule has 3 nitrogen and oxygen atoms in total. The summed E-state index contributed by atoms with van der Waals surface area (Å²) in [5, 5.41) is 13.2. The number of thiazole rings is 1. The monoisotopic (exact) mass is 287 g/mol. The van der Waals surface area contributed by atoms with Gasteiger partial charge in [0.2, 0.25) is 0 Å². The average molecular weight is 287 g/mol. The van der Waals surface area contributed by atoms with Gasteiger partial charge < -0.3 is 9.52 Å². The van der Waals surface area contributed by atoms with Gasteiger partial charge in [0.25, 0.3) is 0 Å². The Bertz CT molecular complexity index is 749. The molecule has 0 unspecified atom stereocenters. The fourth-order valence-electron chi connectivity index (χ4n) is 2.03. The number of nitrogens with zero attached hydrogens (tertiary/aromatic N) is 1. The highest BCUT2D eigenvalue weighted by Crippen LogP contribution is 2.33. The first-order valence-electron chi connectivity index (χ1n) is 6.57. The molecule has 3 rings (SSSR count). The third-order valence-electron chi connectivity index (χ3n) is 3.25. The minimum Gasteiger partial charge on any atom is -0.454 e. The number of aliphatic hydroxyl groups excluding tert-OH is 1. The van der Waals surface area contributed by atoms with Gasteiger partial charge in [-0.2, -0.15) is 0 Å². The van der Waals surface area contributed by atoms with E-state index in [-0.39, 0.29) is 12.0 Å². The van der Waals surface area contributed by atoms with Gasteiger partial charge in [-0.15, -0.1) is 11.3 Å². The fourth-order valence-corrected chi connectivity index (χ4v) is 3.03. The van der Waals surface area contributed by atoms with Crippen molar-refractivity contribution < 1.29 is 9.52 Å². The molecule has 104 valence electrons. The third kappa shape index (κ3) is 2.37. The summed E-state index contributed by atoms with van der Waals surface area (Å²) in [6, 6.07) is 7.70. The molecule has 0 bridgehead atoms. The van der Waals surface area contributed by atoms with E-state index in [0.29, 0.717) is 0 Å². The lowest BCUT2D eigenvalue weighted by Crippen LogP contribution is -2.11. The number of fused-ring (bicyclic) bond motifs is 1. The molecule has 1 aromatic carbocycles. The Morgan fingerprint density at radius 3 is 2.70 bits per heavy atom. The lowest BCUT2D eigenvalue weighted by Gasteiger charge is -2.13. The number of benzene rings is 1. The Balaban J connectivity index is 2.04. The summed E-state index contributed by atoms with van der Waals surface area (Å²) >= 11 is 1.60. The third-order valence-corrected chi connectivity index (χ3v) is 4.10. The zero-order valence-corrected chi connectivity index (χ0v) is 12.6. The second-order valence-electron chi connectivity index (χ2n) is 5.93. The maximum atomic E-state index is 9.17. The van der Waals surface area contributed by atoms with Crippen LogP contribution >= 0.6 is 11.3 Å². The van der Waals surface area contributed by atoms with Crippen LogP contribution in [-0.2, 0) is 12.0 Å². The first kappa shape index (κ1) is 13.3. The molecule has 0 spiro atoms. The van der Waals surface area contributed by atoms with E-state index in [4.69, 9.17) is 4.42 Å². The minimum atomic E-state index is 0.0435. The highest BCUT2D eigenvalue weighted by atomic mass is 32.1. The SMILES string of the molecule is CC(C)(C)c1csc(-c2cc3cc(CO)ccc3o2)n1. The molecule has 0 fully saturated rings. The van der Waals surface area contributed by atoms with Gasteiger partial charge in [0.15, 0.2) is 10.8 Å². The lowest BCUT2D eigenvalue weighted by atomic mass is 9.93. The summed E-state index contributed by atoms with van der Waals surface area (Å²) in [7, 11) is 0. The molecule has 0 saturated heterocycles. The van der Waals surface area contributed by atoms with Crippen LogP contribution in [0.4, 0.5) is 0 Å². The van der Waals surface area contributed by atoms with Crippen molar-refractivity contribution in [3.63, 3.8) is 0 Å². The van der Waals surface area contributed by atoms with Crippen molar-refractivity contribution in [3.05, 3.63) is 40.9 Å². The molecule has 0 amide bonds. The van der Waals surface area contributed by atoms with Gasteiger partial charge in [-0.1, -0.05) is 26.8 Å². The Morgan fingerprint density at radius 2 is 2.05 bits per heavy atom. The van der Waals surface area contributed by atoms with Crippen molar-refractivity contribution in [1.29, 1.82) is 0 Å². The number of aliphatic hydroxyl groups is 1. The maximum Gasteiger partial charge on any atom is 0.164 e. The second-order valence-corrected chi connectivity index (χ2v) is 6.79. The van der Waals surface area contributed by atoms with Crippen molar-refractivity contribution in [2.24, 2.45) is 0 Å². The molecule has 1 N–H and O–H groups in total. The van der Waals surface area contributed by atoms with Gasteiger partial charge in [-0.05, 0) is 23.8 Å². The molecule has 2 aromatic heterocycles. The molecule has 20 heavy (non-hydrogen) atoms. The summed E-state index contributed by atoms with van der Waals surface area (Å²) < 4.78 is 5.85. The number of aromatic nitrogens is 1. The van der Waals surface area contributed by atoms with Crippen molar-refractivity contribution in [1.82, 2.24) is 4.98 Å². The van der Waals surface area contributed by atoms with Crippen LogP contribution < -0.4 is 0 Å². The number of hydrogen-bond donors (Lipinski definition) is 1. The zero-order chi connectivity index (χ0) is 14.3. The van der Waals surface area contributed by atoms with Gasteiger partial charge in [0.05, 0.1) is 12.3 Å². The molecule has 0 aliphatic rings. The molecular weight excluding hydrogens is 270 g/mol. The van der Waals surface area contributed by atoms with E-state index in [2.05, 4.69) is 31.1 Å². The summed E-state index contributed by atoms with van der Waals surface area (Å²) in [6.07, 6.45) is 0. The highest BCUT2D eigenvalue weighted by Gasteiger charge is 2.19. The van der Waals surface area contributed by atoms with Gasteiger partial charge in [0.1, 0.15) is 5.58 Å². The maximum absolute atomic E-state index is 9.17. The topological polar surface area (TPSA) is 46.3 Å². The minimum absolute atomic E-state index is 0.0435. The van der Waals surface area contributed by atoms with E-state index in [0.717, 1.165) is 33.0 Å². The summed E-state index contributed by atoms with van der Waals surface area (Å²) in [6.45, 7) is 6.50. The van der Waals surface area contributed by atoms with Crippen LogP contribution in [0.15, 0.2) is 34.1 Å². The molecule has 0 saturated carbocycles. The molecule has 0 atom stereocenters. The number of hydrogen-bond acceptors (Lipinski definition) is 4. The van der Waals surface area contributed by atoms with Gasteiger partial charge in [0, 0.05) is 16.2 Å². The van der Waals surface area contributed by atoms with Gasteiger partial charge >= 0.3 is 0 Å². The summed E-state index contributed by atoms with van der Waals surface area (Å²) in [5.74, 6) is 0.788. The molecule has 3 aromatic rings. The van der Waals surface area contributed by atoms with E-state index in [1.54, 1.807) is 11.3 Å². The second kappa shape index (κ2) is 4.72. The number of furan rings is 1. The highest BCUT2D eigenvalue weighted by molar-refractivity contribution is 7.13. The van der Waals surface area contributed by atoms with E-state index in [9.17, 15) is 5.11 Å². The van der Waals surface area contributed by atoms with Crippen LogP contribution in [0.3, 0.4) is 0 Å². The molecule has 0 aliphatic carbocycles. The first-order chi connectivity index (χ1) is 9.47. The average Bonchev–Trinajstić information content (AvgIpc) is 3.03. The Morgan fingerprint density at radius 1 is 1.25 bits per heavy atom. The van der Waals surface area contributed by atoms with E-state index in [1.807, 2.05) is 24.3 Å². The Kier molecular flexibility index (Phi) is 3.15. The Hall–Kier alpha value is -1.65. The van der Waals surface area contributed by atoms with Gasteiger partial charge in [-0.25, -0.2) is 4.98 Å². The van der Waals surface area contributed by atoms with Crippen molar-refractivity contribution in [2.45, 2.75) is 32.8 Å².